The molecule has 0 radical (unpaired) electrons. The third-order valence-corrected chi connectivity index (χ3v) is 3.08. The normalized spacial score (nSPS) is 10.7. The molecule has 0 saturated carbocycles. The number of hydrogen-bond donors (Lipinski definition) is 1. The SMILES string of the molecule is CNc1cnc(-c2ccc(C(C)C)cc2)nc1C. The van der Waals surface area contributed by atoms with Gasteiger partial charge >= 0.3 is 0 Å². The monoisotopic (exact) mass is 241 g/mol. The Morgan fingerprint density at radius 3 is 2.28 bits per heavy atom. The molecule has 0 aliphatic rings. The summed E-state index contributed by atoms with van der Waals surface area (Å²) in [4.78, 5) is 8.90. The van der Waals surface area contributed by atoms with E-state index in [-0.39, 0.29) is 0 Å². The van der Waals surface area contributed by atoms with E-state index in [2.05, 4.69) is 53.4 Å². The van der Waals surface area contributed by atoms with Crippen LogP contribution in [0.5, 0.6) is 0 Å². The van der Waals surface area contributed by atoms with E-state index in [4.69, 9.17) is 0 Å². The smallest absolute Gasteiger partial charge is 0.159 e. The zero-order chi connectivity index (χ0) is 13.1. The first kappa shape index (κ1) is 12.6. The number of aryl methyl sites for hydroxylation is 1. The van der Waals surface area contributed by atoms with Gasteiger partial charge in [0.25, 0.3) is 0 Å². The van der Waals surface area contributed by atoms with Crippen molar-refractivity contribution in [2.24, 2.45) is 0 Å². The zero-order valence-corrected chi connectivity index (χ0v) is 11.4. The van der Waals surface area contributed by atoms with Crippen LogP contribution in [0.15, 0.2) is 30.5 Å². The van der Waals surface area contributed by atoms with Crippen LogP contribution < -0.4 is 5.32 Å². The molecular formula is C15H19N3. The standard InChI is InChI=1S/C15H19N3/c1-10(2)12-5-7-13(8-6-12)15-17-9-14(16-4)11(3)18-15/h5-10,16H,1-4H3. The van der Waals surface area contributed by atoms with Gasteiger partial charge in [0.15, 0.2) is 5.82 Å². The predicted octanol–water partition coefficient (Wildman–Crippen LogP) is 3.62. The van der Waals surface area contributed by atoms with E-state index in [1.165, 1.54) is 5.56 Å². The molecule has 3 heteroatoms. The van der Waals surface area contributed by atoms with E-state index < -0.39 is 0 Å². The van der Waals surface area contributed by atoms with Gasteiger partial charge in [0.2, 0.25) is 0 Å². The Bertz CT molecular complexity index is 530. The van der Waals surface area contributed by atoms with Crippen molar-refractivity contribution in [3.05, 3.63) is 41.7 Å². The molecule has 0 aliphatic carbocycles. The molecular weight excluding hydrogens is 222 g/mol. The van der Waals surface area contributed by atoms with Crippen LogP contribution in [-0.2, 0) is 0 Å². The summed E-state index contributed by atoms with van der Waals surface area (Å²) >= 11 is 0. The van der Waals surface area contributed by atoms with Crippen molar-refractivity contribution in [3.63, 3.8) is 0 Å². The lowest BCUT2D eigenvalue weighted by Crippen LogP contribution is -1.98. The molecule has 0 unspecified atom stereocenters. The van der Waals surface area contributed by atoms with Gasteiger partial charge in [0.1, 0.15) is 0 Å². The third-order valence-electron chi connectivity index (χ3n) is 3.08. The highest BCUT2D eigenvalue weighted by Gasteiger charge is 2.05. The molecule has 0 amide bonds. The lowest BCUT2D eigenvalue weighted by Gasteiger charge is -2.08. The summed E-state index contributed by atoms with van der Waals surface area (Å²) in [7, 11) is 1.88. The molecule has 3 nitrogen and oxygen atoms in total. The molecule has 1 heterocycles. The van der Waals surface area contributed by atoms with E-state index in [0.717, 1.165) is 22.8 Å². The van der Waals surface area contributed by atoms with Crippen molar-refractivity contribution < 1.29 is 0 Å². The Kier molecular flexibility index (Phi) is 3.60. The van der Waals surface area contributed by atoms with Gasteiger partial charge < -0.3 is 5.32 Å². The zero-order valence-electron chi connectivity index (χ0n) is 11.4. The van der Waals surface area contributed by atoms with Crippen LogP contribution in [0.25, 0.3) is 11.4 Å². The second-order valence-electron chi connectivity index (χ2n) is 4.72. The molecule has 0 bridgehead atoms. The summed E-state index contributed by atoms with van der Waals surface area (Å²) in [5.74, 6) is 1.33. The van der Waals surface area contributed by atoms with Crippen LogP contribution >= 0.6 is 0 Å². The summed E-state index contributed by atoms with van der Waals surface area (Å²) in [6.45, 7) is 6.37. The summed E-state index contributed by atoms with van der Waals surface area (Å²) < 4.78 is 0. The first-order valence-corrected chi connectivity index (χ1v) is 6.23. The number of rotatable bonds is 3. The maximum Gasteiger partial charge on any atom is 0.159 e. The van der Waals surface area contributed by atoms with Gasteiger partial charge in [0, 0.05) is 12.6 Å². The molecule has 0 atom stereocenters. The molecule has 0 spiro atoms. The Balaban J connectivity index is 2.34. The lowest BCUT2D eigenvalue weighted by atomic mass is 10.0. The van der Waals surface area contributed by atoms with Gasteiger partial charge in [-0.25, -0.2) is 9.97 Å². The summed E-state index contributed by atoms with van der Waals surface area (Å²) in [6, 6.07) is 8.46. The molecule has 1 aromatic carbocycles. The van der Waals surface area contributed by atoms with Crippen molar-refractivity contribution in [2.45, 2.75) is 26.7 Å². The minimum Gasteiger partial charge on any atom is -0.385 e. The molecule has 1 N–H and O–H groups in total. The first-order valence-electron chi connectivity index (χ1n) is 6.23. The first-order chi connectivity index (χ1) is 8.61. The highest BCUT2D eigenvalue weighted by molar-refractivity contribution is 5.58. The lowest BCUT2D eigenvalue weighted by molar-refractivity contribution is 0.867. The Morgan fingerprint density at radius 1 is 1.11 bits per heavy atom. The fraction of sp³-hybridized carbons (Fsp3) is 0.333. The van der Waals surface area contributed by atoms with Crippen molar-refractivity contribution in [3.8, 4) is 11.4 Å². The minimum absolute atomic E-state index is 0.549. The molecule has 0 fully saturated rings. The Hall–Kier alpha value is -1.90. The number of nitrogens with zero attached hydrogens (tertiary/aromatic N) is 2. The fourth-order valence-corrected chi connectivity index (χ4v) is 1.87. The van der Waals surface area contributed by atoms with E-state index in [0.29, 0.717) is 5.92 Å². The predicted molar refractivity (Wildman–Crippen MR) is 75.8 cm³/mol. The van der Waals surface area contributed by atoms with Crippen molar-refractivity contribution in [1.82, 2.24) is 9.97 Å². The van der Waals surface area contributed by atoms with E-state index in [1.54, 1.807) is 0 Å². The molecule has 2 aromatic rings. The van der Waals surface area contributed by atoms with Crippen LogP contribution in [0, 0.1) is 6.92 Å². The minimum atomic E-state index is 0.549. The highest BCUT2D eigenvalue weighted by atomic mass is 14.9. The van der Waals surface area contributed by atoms with Gasteiger partial charge in [0.05, 0.1) is 17.6 Å². The van der Waals surface area contributed by atoms with Crippen molar-refractivity contribution in [2.75, 3.05) is 12.4 Å². The topological polar surface area (TPSA) is 37.8 Å². The van der Waals surface area contributed by atoms with Crippen LogP contribution in [0.1, 0.15) is 31.0 Å². The van der Waals surface area contributed by atoms with Crippen LogP contribution in [-0.4, -0.2) is 17.0 Å². The van der Waals surface area contributed by atoms with Gasteiger partial charge in [-0.15, -0.1) is 0 Å². The van der Waals surface area contributed by atoms with Crippen LogP contribution in [0.3, 0.4) is 0 Å². The number of hydrogen-bond acceptors (Lipinski definition) is 3. The average molecular weight is 241 g/mol. The molecule has 18 heavy (non-hydrogen) atoms. The number of nitrogens with one attached hydrogen (secondary N) is 1. The fourth-order valence-electron chi connectivity index (χ4n) is 1.87. The van der Waals surface area contributed by atoms with E-state index >= 15 is 0 Å². The maximum atomic E-state index is 4.52. The Morgan fingerprint density at radius 2 is 1.78 bits per heavy atom. The number of aromatic nitrogens is 2. The van der Waals surface area contributed by atoms with Crippen molar-refractivity contribution in [1.29, 1.82) is 0 Å². The molecule has 1 aromatic heterocycles. The second kappa shape index (κ2) is 5.17. The van der Waals surface area contributed by atoms with Crippen LogP contribution in [0.2, 0.25) is 0 Å². The van der Waals surface area contributed by atoms with Gasteiger partial charge in [-0.1, -0.05) is 38.1 Å². The van der Waals surface area contributed by atoms with Crippen molar-refractivity contribution >= 4 is 5.69 Å². The Labute approximate surface area is 108 Å². The van der Waals surface area contributed by atoms with Crippen LogP contribution in [0.4, 0.5) is 5.69 Å². The van der Waals surface area contributed by atoms with E-state index in [1.807, 2.05) is 20.2 Å². The molecule has 0 saturated heterocycles. The van der Waals surface area contributed by atoms with Gasteiger partial charge in [-0.3, -0.25) is 0 Å². The summed E-state index contributed by atoms with van der Waals surface area (Å²) in [5, 5.41) is 3.07. The van der Waals surface area contributed by atoms with E-state index in [9.17, 15) is 0 Å². The van der Waals surface area contributed by atoms with Gasteiger partial charge in [-0.05, 0) is 18.4 Å². The largest absolute Gasteiger partial charge is 0.385 e. The number of benzene rings is 1. The number of anilines is 1. The summed E-state index contributed by atoms with van der Waals surface area (Å²) in [6.07, 6.45) is 1.83. The third kappa shape index (κ3) is 2.50. The molecule has 0 aliphatic heterocycles. The molecule has 94 valence electrons. The maximum absolute atomic E-state index is 4.52. The highest BCUT2D eigenvalue weighted by Crippen LogP contribution is 2.21. The average Bonchev–Trinajstić information content (AvgIpc) is 2.38. The molecule has 2 rings (SSSR count). The second-order valence-corrected chi connectivity index (χ2v) is 4.72. The van der Waals surface area contributed by atoms with Gasteiger partial charge in [-0.2, -0.15) is 0 Å². The quantitative estimate of drug-likeness (QED) is 0.892. The summed E-state index contributed by atoms with van der Waals surface area (Å²) in [5.41, 5.74) is 4.33.